The molecule has 0 aromatic carbocycles. The third-order valence-electron chi connectivity index (χ3n) is 1.93. The summed E-state index contributed by atoms with van der Waals surface area (Å²) in [5.74, 6) is 0. The van der Waals surface area contributed by atoms with Crippen LogP contribution in [0.3, 0.4) is 0 Å². The second-order valence-corrected chi connectivity index (χ2v) is 5.53. The Morgan fingerprint density at radius 2 is 2.15 bits per heavy atom. The molecule has 0 aliphatic heterocycles. The summed E-state index contributed by atoms with van der Waals surface area (Å²) >= 11 is 5.14. The zero-order valence-corrected chi connectivity index (χ0v) is 9.90. The number of nitrogens with two attached hydrogens (primary N) is 2. The van der Waals surface area contributed by atoms with Gasteiger partial charge in [-0.25, -0.2) is 0 Å². The molecule has 1 rings (SSSR count). The number of rotatable bonds is 5. The second kappa shape index (κ2) is 5.75. The average Bonchev–Trinajstić information content (AvgIpc) is 2.52. The van der Waals surface area contributed by atoms with Gasteiger partial charge in [0.2, 0.25) is 0 Å². The van der Waals surface area contributed by atoms with Gasteiger partial charge in [-0.1, -0.05) is 6.42 Å². The minimum Gasteiger partial charge on any atom is -0.330 e. The topological polar surface area (TPSA) is 52.0 Å². The molecule has 0 saturated heterocycles. The van der Waals surface area contributed by atoms with Crippen molar-refractivity contribution in [1.82, 2.24) is 0 Å². The van der Waals surface area contributed by atoms with E-state index in [0.717, 1.165) is 29.6 Å². The molecule has 1 aromatic heterocycles. The highest BCUT2D eigenvalue weighted by molar-refractivity contribution is 9.11. The van der Waals surface area contributed by atoms with E-state index in [1.807, 2.05) is 6.07 Å². The van der Waals surface area contributed by atoms with Gasteiger partial charge in [-0.3, -0.25) is 0 Å². The van der Waals surface area contributed by atoms with Crippen LogP contribution in [0.25, 0.3) is 0 Å². The maximum Gasteiger partial charge on any atom is 0.0701 e. The Morgan fingerprint density at radius 3 is 2.69 bits per heavy atom. The largest absolute Gasteiger partial charge is 0.330 e. The molecule has 1 aromatic rings. The van der Waals surface area contributed by atoms with E-state index in [9.17, 15) is 0 Å². The summed E-state index contributed by atoms with van der Waals surface area (Å²) < 4.78 is 1.15. The monoisotopic (exact) mass is 262 g/mol. The Kier molecular flexibility index (Phi) is 4.94. The summed E-state index contributed by atoms with van der Waals surface area (Å²) in [6, 6.07) is 4.31. The lowest BCUT2D eigenvalue weighted by atomic mass is 10.1. The lowest BCUT2D eigenvalue weighted by Gasteiger charge is -2.07. The van der Waals surface area contributed by atoms with Crippen molar-refractivity contribution < 1.29 is 0 Å². The van der Waals surface area contributed by atoms with Gasteiger partial charge in [-0.2, -0.15) is 0 Å². The molecule has 4 heteroatoms. The van der Waals surface area contributed by atoms with Crippen LogP contribution < -0.4 is 11.5 Å². The standard InChI is InChI=1S/C9H15BrN2S/c10-9-5-4-8(13-9)7(12)3-1-2-6-11/h4-5,7H,1-3,6,11-12H2/t7-/m1/s1. The van der Waals surface area contributed by atoms with Crippen LogP contribution in [0.1, 0.15) is 30.2 Å². The highest BCUT2D eigenvalue weighted by atomic mass is 79.9. The molecule has 0 fully saturated rings. The number of hydrogen-bond acceptors (Lipinski definition) is 3. The smallest absolute Gasteiger partial charge is 0.0701 e. The molecule has 0 spiro atoms. The fraction of sp³-hybridized carbons (Fsp3) is 0.556. The summed E-state index contributed by atoms with van der Waals surface area (Å²) in [6.45, 7) is 0.765. The van der Waals surface area contributed by atoms with E-state index in [2.05, 4.69) is 22.0 Å². The summed E-state index contributed by atoms with van der Waals surface area (Å²) in [5, 5.41) is 0. The number of thiophene rings is 1. The minimum absolute atomic E-state index is 0.183. The molecule has 0 aliphatic carbocycles. The van der Waals surface area contributed by atoms with Crippen LogP contribution in [-0.4, -0.2) is 6.54 Å². The number of hydrogen-bond donors (Lipinski definition) is 2. The predicted molar refractivity (Wildman–Crippen MR) is 61.9 cm³/mol. The zero-order chi connectivity index (χ0) is 9.68. The van der Waals surface area contributed by atoms with Gasteiger partial charge in [-0.05, 0) is 47.4 Å². The van der Waals surface area contributed by atoms with Gasteiger partial charge in [0.25, 0.3) is 0 Å². The van der Waals surface area contributed by atoms with Crippen molar-refractivity contribution in [2.45, 2.75) is 25.3 Å². The van der Waals surface area contributed by atoms with Gasteiger partial charge in [-0.15, -0.1) is 11.3 Å². The summed E-state index contributed by atoms with van der Waals surface area (Å²) in [4.78, 5) is 1.25. The Balaban J connectivity index is 2.35. The third kappa shape index (κ3) is 3.77. The summed E-state index contributed by atoms with van der Waals surface area (Å²) in [7, 11) is 0. The third-order valence-corrected chi connectivity index (χ3v) is 3.68. The number of unbranched alkanes of at least 4 members (excludes halogenated alkanes) is 1. The van der Waals surface area contributed by atoms with Gasteiger partial charge in [0.1, 0.15) is 0 Å². The van der Waals surface area contributed by atoms with Crippen molar-refractivity contribution in [3.05, 3.63) is 20.8 Å². The second-order valence-electron chi connectivity index (χ2n) is 3.03. The quantitative estimate of drug-likeness (QED) is 0.802. The zero-order valence-electron chi connectivity index (χ0n) is 7.50. The van der Waals surface area contributed by atoms with Gasteiger partial charge >= 0.3 is 0 Å². The molecular formula is C9H15BrN2S. The van der Waals surface area contributed by atoms with E-state index >= 15 is 0 Å². The molecule has 74 valence electrons. The van der Waals surface area contributed by atoms with Crippen molar-refractivity contribution >= 4 is 27.3 Å². The molecule has 0 unspecified atom stereocenters. The fourth-order valence-electron chi connectivity index (χ4n) is 1.18. The normalized spacial score (nSPS) is 13.2. The first-order valence-electron chi connectivity index (χ1n) is 4.45. The first-order valence-corrected chi connectivity index (χ1v) is 6.06. The van der Waals surface area contributed by atoms with Gasteiger partial charge in [0.05, 0.1) is 3.79 Å². The maximum absolute atomic E-state index is 6.00. The highest BCUT2D eigenvalue weighted by Crippen LogP contribution is 2.28. The molecule has 0 amide bonds. The minimum atomic E-state index is 0.183. The Hall–Kier alpha value is 0.1000. The van der Waals surface area contributed by atoms with Crippen LogP contribution in [0.4, 0.5) is 0 Å². The van der Waals surface area contributed by atoms with Crippen molar-refractivity contribution in [2.24, 2.45) is 11.5 Å². The average molecular weight is 263 g/mol. The van der Waals surface area contributed by atoms with Gasteiger partial charge in [0.15, 0.2) is 0 Å². The van der Waals surface area contributed by atoms with Crippen LogP contribution in [0.5, 0.6) is 0 Å². The molecule has 2 nitrogen and oxygen atoms in total. The van der Waals surface area contributed by atoms with Crippen molar-refractivity contribution in [2.75, 3.05) is 6.54 Å². The molecule has 13 heavy (non-hydrogen) atoms. The Morgan fingerprint density at radius 1 is 1.38 bits per heavy atom. The van der Waals surface area contributed by atoms with Crippen LogP contribution in [0, 0.1) is 0 Å². The van der Waals surface area contributed by atoms with E-state index in [4.69, 9.17) is 11.5 Å². The number of halogens is 1. The van der Waals surface area contributed by atoms with Crippen LogP contribution >= 0.6 is 27.3 Å². The molecule has 0 saturated carbocycles. The van der Waals surface area contributed by atoms with Crippen molar-refractivity contribution in [1.29, 1.82) is 0 Å². The molecule has 4 N–H and O–H groups in total. The lowest BCUT2D eigenvalue weighted by Crippen LogP contribution is -2.09. The first-order chi connectivity index (χ1) is 6.24. The molecule has 0 aliphatic rings. The maximum atomic E-state index is 6.00. The Labute approximate surface area is 91.4 Å². The first kappa shape index (κ1) is 11.2. The highest BCUT2D eigenvalue weighted by Gasteiger charge is 2.07. The molecule has 1 heterocycles. The van der Waals surface area contributed by atoms with Crippen LogP contribution in [0.2, 0.25) is 0 Å². The SMILES string of the molecule is NCCCC[C@@H](N)c1ccc(Br)s1. The molecule has 0 radical (unpaired) electrons. The lowest BCUT2D eigenvalue weighted by molar-refractivity contribution is 0.598. The predicted octanol–water partition coefficient (Wildman–Crippen LogP) is 2.64. The van der Waals surface area contributed by atoms with Gasteiger partial charge < -0.3 is 11.5 Å². The van der Waals surface area contributed by atoms with Crippen LogP contribution in [0.15, 0.2) is 15.9 Å². The van der Waals surface area contributed by atoms with E-state index < -0.39 is 0 Å². The van der Waals surface area contributed by atoms with Gasteiger partial charge in [0, 0.05) is 10.9 Å². The molecule has 0 bridgehead atoms. The summed E-state index contributed by atoms with van der Waals surface area (Å²) in [6.07, 6.45) is 3.22. The summed E-state index contributed by atoms with van der Waals surface area (Å²) in [5.41, 5.74) is 11.4. The van der Waals surface area contributed by atoms with E-state index in [-0.39, 0.29) is 6.04 Å². The van der Waals surface area contributed by atoms with Crippen molar-refractivity contribution in [3.63, 3.8) is 0 Å². The molecular weight excluding hydrogens is 248 g/mol. The van der Waals surface area contributed by atoms with E-state index in [1.54, 1.807) is 11.3 Å². The fourth-order valence-corrected chi connectivity index (χ4v) is 2.64. The van der Waals surface area contributed by atoms with Crippen molar-refractivity contribution in [3.8, 4) is 0 Å². The Bertz CT molecular complexity index is 250. The van der Waals surface area contributed by atoms with Crippen LogP contribution in [-0.2, 0) is 0 Å². The molecule has 1 atom stereocenters. The van der Waals surface area contributed by atoms with E-state index in [0.29, 0.717) is 0 Å². The van der Waals surface area contributed by atoms with E-state index in [1.165, 1.54) is 4.88 Å².